The Morgan fingerprint density at radius 1 is 0.700 bits per heavy atom. The first kappa shape index (κ1) is 26.9. The van der Waals surface area contributed by atoms with Gasteiger partial charge in [0.2, 0.25) is 0 Å². The second-order valence-electron chi connectivity index (χ2n) is 11.8. The van der Waals surface area contributed by atoms with Crippen LogP contribution in [-0.4, -0.2) is 56.2 Å². The van der Waals surface area contributed by atoms with Crippen molar-refractivity contribution in [3.8, 4) is 0 Å². The molecule has 178 valence electrons. The number of rotatable bonds is 12. The average Bonchev–Trinajstić information content (AvgIpc) is 3.21. The van der Waals surface area contributed by atoms with E-state index < -0.39 is 0 Å². The van der Waals surface area contributed by atoms with E-state index in [-0.39, 0.29) is 0 Å². The predicted octanol–water partition coefficient (Wildman–Crippen LogP) is 7.24. The molecule has 0 aromatic heterocycles. The van der Waals surface area contributed by atoms with Crippen molar-refractivity contribution in [3.05, 3.63) is 0 Å². The van der Waals surface area contributed by atoms with Crippen LogP contribution < -0.4 is 0 Å². The summed E-state index contributed by atoms with van der Waals surface area (Å²) >= 11 is 4.48. The number of thioether (sulfide) groups is 2. The van der Waals surface area contributed by atoms with Gasteiger partial charge in [0.05, 0.1) is 0 Å². The molecule has 2 aliphatic carbocycles. The molecule has 2 aliphatic rings. The predicted molar refractivity (Wildman–Crippen MR) is 139 cm³/mol. The van der Waals surface area contributed by atoms with Gasteiger partial charge in [-0.2, -0.15) is 23.5 Å². The lowest BCUT2D eigenvalue weighted by atomic mass is 10.0. The third-order valence-electron chi connectivity index (χ3n) is 6.56. The lowest BCUT2D eigenvalue weighted by Gasteiger charge is -2.35. The zero-order valence-corrected chi connectivity index (χ0v) is 22.6. The molecular weight excluding hydrogens is 406 g/mol. The van der Waals surface area contributed by atoms with Crippen molar-refractivity contribution in [1.82, 2.24) is 4.90 Å². The summed E-state index contributed by atoms with van der Waals surface area (Å²) < 4.78 is 0.755. The zero-order chi connectivity index (χ0) is 22.2. The molecule has 2 nitrogen and oxygen atoms in total. The third-order valence-corrected chi connectivity index (χ3v) is 9.82. The van der Waals surface area contributed by atoms with Gasteiger partial charge in [-0.05, 0) is 56.9 Å². The summed E-state index contributed by atoms with van der Waals surface area (Å²) in [5, 5.41) is 10.8. The van der Waals surface area contributed by atoms with E-state index in [9.17, 15) is 0 Å². The number of hydrogen-bond donors (Lipinski definition) is 1. The van der Waals surface area contributed by atoms with Gasteiger partial charge in [0, 0.05) is 39.7 Å². The first-order chi connectivity index (χ1) is 14.1. The Balaban J connectivity index is 1.95. The highest BCUT2D eigenvalue weighted by atomic mass is 32.2. The molecule has 4 heteroatoms. The molecule has 30 heavy (non-hydrogen) atoms. The van der Waals surface area contributed by atoms with Gasteiger partial charge in [-0.3, -0.25) is 0 Å². The SMILES string of the molecule is CC(C)(C)SC1CCCC1CN(CCCCCCO)CC1CCCC1SC(C)(C)C. The van der Waals surface area contributed by atoms with Crippen molar-refractivity contribution in [2.45, 2.75) is 126 Å². The fraction of sp³-hybridized carbons (Fsp3) is 1.00. The molecular formula is C26H51NOS2. The number of hydrogen-bond acceptors (Lipinski definition) is 4. The number of unbranched alkanes of at least 4 members (excludes halogenated alkanes) is 3. The lowest BCUT2D eigenvalue weighted by Crippen LogP contribution is -2.38. The minimum Gasteiger partial charge on any atom is -0.396 e. The molecule has 4 atom stereocenters. The van der Waals surface area contributed by atoms with Crippen LogP contribution in [0.4, 0.5) is 0 Å². The maximum Gasteiger partial charge on any atom is 0.0431 e. The molecule has 0 bridgehead atoms. The maximum absolute atomic E-state index is 9.08. The largest absolute Gasteiger partial charge is 0.396 e. The highest BCUT2D eigenvalue weighted by Gasteiger charge is 2.35. The average molecular weight is 458 g/mol. The van der Waals surface area contributed by atoms with Crippen molar-refractivity contribution in [3.63, 3.8) is 0 Å². The van der Waals surface area contributed by atoms with Crippen LogP contribution in [0.5, 0.6) is 0 Å². The maximum atomic E-state index is 9.08. The molecule has 4 unspecified atom stereocenters. The molecule has 0 aromatic carbocycles. The van der Waals surface area contributed by atoms with Crippen LogP contribution in [0.3, 0.4) is 0 Å². The Bertz CT molecular complexity index is 435. The van der Waals surface area contributed by atoms with E-state index >= 15 is 0 Å². The van der Waals surface area contributed by atoms with Crippen LogP contribution in [0, 0.1) is 11.8 Å². The Morgan fingerprint density at radius 3 is 1.60 bits per heavy atom. The van der Waals surface area contributed by atoms with Crippen LogP contribution in [0.1, 0.15) is 106 Å². The molecule has 1 N–H and O–H groups in total. The van der Waals surface area contributed by atoms with Gasteiger partial charge in [0.1, 0.15) is 0 Å². The van der Waals surface area contributed by atoms with E-state index in [0.717, 1.165) is 28.8 Å². The van der Waals surface area contributed by atoms with E-state index in [1.807, 2.05) is 0 Å². The number of nitrogens with zero attached hydrogens (tertiary/aromatic N) is 1. The summed E-state index contributed by atoms with van der Waals surface area (Å²) in [6.45, 7) is 18.6. The van der Waals surface area contributed by atoms with E-state index in [2.05, 4.69) is 70.0 Å². The van der Waals surface area contributed by atoms with Gasteiger partial charge < -0.3 is 10.0 Å². The van der Waals surface area contributed by atoms with Crippen LogP contribution in [-0.2, 0) is 0 Å². The summed E-state index contributed by atoms with van der Waals surface area (Å²) in [6.07, 6.45) is 13.3. The molecule has 2 saturated carbocycles. The molecule has 0 saturated heterocycles. The highest BCUT2D eigenvalue weighted by Crippen LogP contribution is 2.43. The Kier molecular flexibility index (Phi) is 11.4. The smallest absolute Gasteiger partial charge is 0.0431 e. The summed E-state index contributed by atoms with van der Waals surface area (Å²) in [4.78, 5) is 2.87. The molecule has 0 spiro atoms. The first-order valence-corrected chi connectivity index (χ1v) is 14.5. The second kappa shape index (κ2) is 12.8. The summed E-state index contributed by atoms with van der Waals surface area (Å²) in [5.41, 5.74) is 0. The Morgan fingerprint density at radius 2 is 1.17 bits per heavy atom. The van der Waals surface area contributed by atoms with Crippen molar-refractivity contribution >= 4 is 23.5 Å². The van der Waals surface area contributed by atoms with Crippen LogP contribution in [0.15, 0.2) is 0 Å². The van der Waals surface area contributed by atoms with E-state index in [1.165, 1.54) is 77.4 Å². The molecule has 0 heterocycles. The highest BCUT2D eigenvalue weighted by molar-refractivity contribution is 8.01. The third kappa shape index (κ3) is 10.5. The Labute approximate surface area is 197 Å². The molecule has 0 amide bonds. The van der Waals surface area contributed by atoms with Crippen LogP contribution in [0.25, 0.3) is 0 Å². The van der Waals surface area contributed by atoms with Gasteiger partial charge in [-0.1, -0.05) is 67.2 Å². The Hall–Kier alpha value is 0.620. The van der Waals surface area contributed by atoms with Crippen molar-refractivity contribution in [2.24, 2.45) is 11.8 Å². The minimum absolute atomic E-state index is 0.352. The van der Waals surface area contributed by atoms with E-state index in [0.29, 0.717) is 16.1 Å². The van der Waals surface area contributed by atoms with Gasteiger partial charge in [-0.25, -0.2) is 0 Å². The standard InChI is InChI=1S/C26H51NOS2/c1-25(2,3)29-23-15-11-13-21(23)19-27(17-9-7-8-10-18-28)20-22-14-12-16-24(22)30-26(4,5)6/h21-24,28H,7-20H2,1-6H3. The fourth-order valence-corrected chi connectivity index (χ4v) is 8.58. The lowest BCUT2D eigenvalue weighted by molar-refractivity contribution is 0.197. The molecule has 2 rings (SSSR count). The van der Waals surface area contributed by atoms with Crippen molar-refractivity contribution < 1.29 is 5.11 Å². The number of aliphatic hydroxyl groups excluding tert-OH is 1. The molecule has 0 aromatic rings. The van der Waals surface area contributed by atoms with Gasteiger partial charge >= 0.3 is 0 Å². The monoisotopic (exact) mass is 457 g/mol. The van der Waals surface area contributed by atoms with Crippen molar-refractivity contribution in [2.75, 3.05) is 26.2 Å². The summed E-state index contributed by atoms with van der Waals surface area (Å²) in [6, 6.07) is 0. The van der Waals surface area contributed by atoms with Gasteiger partial charge in [0.25, 0.3) is 0 Å². The topological polar surface area (TPSA) is 23.5 Å². The number of aliphatic hydroxyl groups is 1. The summed E-state index contributed by atoms with van der Waals surface area (Å²) in [5.74, 6) is 1.75. The minimum atomic E-state index is 0.352. The molecule has 0 aliphatic heterocycles. The van der Waals surface area contributed by atoms with Crippen LogP contribution in [0.2, 0.25) is 0 Å². The van der Waals surface area contributed by atoms with Gasteiger partial charge in [-0.15, -0.1) is 0 Å². The quantitative estimate of drug-likeness (QED) is 0.312. The van der Waals surface area contributed by atoms with E-state index in [4.69, 9.17) is 5.11 Å². The second-order valence-corrected chi connectivity index (χ2v) is 15.9. The van der Waals surface area contributed by atoms with Crippen molar-refractivity contribution in [1.29, 1.82) is 0 Å². The zero-order valence-electron chi connectivity index (χ0n) is 20.9. The normalized spacial score (nSPS) is 28.0. The van der Waals surface area contributed by atoms with E-state index in [1.54, 1.807) is 0 Å². The first-order valence-electron chi connectivity index (χ1n) is 12.8. The fourth-order valence-electron chi connectivity index (χ4n) is 5.36. The van der Waals surface area contributed by atoms with Gasteiger partial charge in [0.15, 0.2) is 0 Å². The molecule has 2 fully saturated rings. The summed E-state index contributed by atoms with van der Waals surface area (Å²) in [7, 11) is 0. The molecule has 0 radical (unpaired) electrons. The van der Waals surface area contributed by atoms with Crippen LogP contribution >= 0.6 is 23.5 Å².